The van der Waals surface area contributed by atoms with Gasteiger partial charge >= 0.3 is 0 Å². The van der Waals surface area contributed by atoms with E-state index in [1.165, 1.54) is 0 Å². The largest absolute Gasteiger partial charge is 0.368 e. The number of carbonyl (C=O) groups excluding carboxylic acids is 2. The van der Waals surface area contributed by atoms with E-state index in [9.17, 15) is 9.59 Å². The lowest BCUT2D eigenvalue weighted by Crippen LogP contribution is -2.43. The summed E-state index contributed by atoms with van der Waals surface area (Å²) in [5.41, 5.74) is 8.11. The van der Waals surface area contributed by atoms with Crippen molar-refractivity contribution < 1.29 is 9.59 Å². The zero-order valence-corrected chi connectivity index (χ0v) is 16.6. The smallest absolute Gasteiger partial charge is 0.257 e. The third-order valence-corrected chi connectivity index (χ3v) is 5.63. The van der Waals surface area contributed by atoms with E-state index in [1.54, 1.807) is 29.2 Å². The first kappa shape index (κ1) is 19.0. The number of primary amides is 1. The molecule has 6 heteroatoms. The van der Waals surface area contributed by atoms with Gasteiger partial charge in [-0.2, -0.15) is 0 Å². The van der Waals surface area contributed by atoms with Crippen LogP contribution in [-0.4, -0.2) is 11.8 Å². The third kappa shape index (κ3) is 3.34. The second kappa shape index (κ2) is 7.26. The van der Waals surface area contributed by atoms with E-state index >= 15 is 0 Å². The number of amides is 2. The molecule has 0 saturated heterocycles. The van der Waals surface area contributed by atoms with Crippen molar-refractivity contribution in [3.63, 3.8) is 0 Å². The molecule has 4 rings (SSSR count). The van der Waals surface area contributed by atoms with Gasteiger partial charge in [-0.15, -0.1) is 0 Å². The summed E-state index contributed by atoms with van der Waals surface area (Å²) < 4.78 is 0. The first-order valence-electron chi connectivity index (χ1n) is 9.23. The highest BCUT2D eigenvalue weighted by molar-refractivity contribution is 6.31. The van der Waals surface area contributed by atoms with E-state index < -0.39 is 11.4 Å². The van der Waals surface area contributed by atoms with Crippen LogP contribution in [0.3, 0.4) is 0 Å². The number of nitrogens with zero attached hydrogens (tertiary/aromatic N) is 1. The van der Waals surface area contributed by atoms with Crippen molar-refractivity contribution in [2.24, 2.45) is 5.73 Å². The highest BCUT2D eigenvalue weighted by Gasteiger charge is 2.47. The number of nitrogens with one attached hydrogen (secondary N) is 1. The van der Waals surface area contributed by atoms with Crippen molar-refractivity contribution in [2.75, 3.05) is 10.2 Å². The predicted molar refractivity (Wildman–Crippen MR) is 115 cm³/mol. The van der Waals surface area contributed by atoms with Crippen LogP contribution in [0.4, 0.5) is 11.4 Å². The van der Waals surface area contributed by atoms with Gasteiger partial charge in [0.25, 0.3) is 5.91 Å². The van der Waals surface area contributed by atoms with Gasteiger partial charge in [0.05, 0.1) is 12.2 Å². The van der Waals surface area contributed by atoms with Crippen LogP contribution in [0.2, 0.25) is 5.02 Å². The molecule has 0 fully saturated rings. The maximum atomic E-state index is 13.5. The molecule has 1 heterocycles. The Bertz CT molecular complexity index is 1100. The van der Waals surface area contributed by atoms with Crippen molar-refractivity contribution in [1.82, 2.24) is 0 Å². The summed E-state index contributed by atoms with van der Waals surface area (Å²) in [5.74, 6) is -0.562. The molecule has 1 aliphatic heterocycles. The molecule has 1 aliphatic rings. The third-order valence-electron chi connectivity index (χ3n) is 5.26. The average Bonchev–Trinajstić information content (AvgIpc) is 2.92. The molecule has 1 unspecified atom stereocenters. The average molecular weight is 406 g/mol. The molecule has 2 amide bonds. The Kier molecular flexibility index (Phi) is 4.76. The lowest BCUT2D eigenvalue weighted by Gasteiger charge is -2.27. The number of para-hydroxylation sites is 1. The Morgan fingerprint density at radius 3 is 2.38 bits per heavy atom. The fourth-order valence-corrected chi connectivity index (χ4v) is 3.90. The number of benzene rings is 3. The van der Waals surface area contributed by atoms with Gasteiger partial charge in [0, 0.05) is 21.8 Å². The molecule has 3 aromatic rings. The Labute approximate surface area is 174 Å². The Hall–Kier alpha value is -3.31. The molecule has 3 aromatic carbocycles. The molecule has 0 aliphatic carbocycles. The summed E-state index contributed by atoms with van der Waals surface area (Å²) in [6, 6.07) is 22.0. The fourth-order valence-electron chi connectivity index (χ4n) is 3.71. The molecule has 0 radical (unpaired) electrons. The second-order valence-corrected chi connectivity index (χ2v) is 7.60. The molecular formula is C23H20ClN3O2. The predicted octanol–water partition coefficient (Wildman–Crippen LogP) is 4.31. The Morgan fingerprint density at radius 1 is 1.03 bits per heavy atom. The van der Waals surface area contributed by atoms with Crippen LogP contribution in [0.5, 0.6) is 0 Å². The van der Waals surface area contributed by atoms with Crippen LogP contribution < -0.4 is 16.0 Å². The highest BCUT2D eigenvalue weighted by Crippen LogP contribution is 2.43. The molecule has 29 heavy (non-hydrogen) atoms. The number of carbonyl (C=O) groups is 2. The molecular weight excluding hydrogens is 386 g/mol. The summed E-state index contributed by atoms with van der Waals surface area (Å²) in [4.78, 5) is 26.6. The van der Waals surface area contributed by atoms with Gasteiger partial charge in [-0.25, -0.2) is 0 Å². The first-order valence-corrected chi connectivity index (χ1v) is 9.61. The second-order valence-electron chi connectivity index (χ2n) is 7.19. The van der Waals surface area contributed by atoms with Gasteiger partial charge in [0.15, 0.2) is 0 Å². The number of rotatable bonds is 5. The Morgan fingerprint density at radius 2 is 1.69 bits per heavy atom. The summed E-state index contributed by atoms with van der Waals surface area (Å²) in [5, 5.41) is 3.97. The minimum Gasteiger partial charge on any atom is -0.368 e. The van der Waals surface area contributed by atoms with E-state index in [2.05, 4.69) is 5.32 Å². The van der Waals surface area contributed by atoms with Crippen molar-refractivity contribution in [1.29, 1.82) is 0 Å². The van der Waals surface area contributed by atoms with Crippen molar-refractivity contribution in [3.8, 4) is 0 Å². The zero-order chi connectivity index (χ0) is 20.6. The van der Waals surface area contributed by atoms with Gasteiger partial charge in [-0.05, 0) is 48.9 Å². The minimum atomic E-state index is -0.952. The molecule has 0 spiro atoms. The van der Waals surface area contributed by atoms with Crippen LogP contribution in [0.1, 0.15) is 28.4 Å². The maximum absolute atomic E-state index is 13.5. The first-order chi connectivity index (χ1) is 13.9. The maximum Gasteiger partial charge on any atom is 0.257 e. The molecule has 1 atom stereocenters. The van der Waals surface area contributed by atoms with Crippen molar-refractivity contribution >= 4 is 34.8 Å². The van der Waals surface area contributed by atoms with Crippen molar-refractivity contribution in [2.45, 2.75) is 19.0 Å². The molecule has 0 bridgehead atoms. The van der Waals surface area contributed by atoms with Gasteiger partial charge in [0.1, 0.15) is 5.54 Å². The summed E-state index contributed by atoms with van der Waals surface area (Å²) in [6.45, 7) is 2.25. The molecule has 146 valence electrons. The molecule has 5 nitrogen and oxygen atoms in total. The number of hydrogen-bond acceptors (Lipinski definition) is 3. The number of hydrogen-bond donors (Lipinski definition) is 2. The van der Waals surface area contributed by atoms with E-state index in [0.29, 0.717) is 17.1 Å². The normalized spacial score (nSPS) is 17.9. The van der Waals surface area contributed by atoms with Gasteiger partial charge < -0.3 is 16.0 Å². The molecule has 3 N–H and O–H groups in total. The summed E-state index contributed by atoms with van der Waals surface area (Å²) in [6.07, 6.45) is 0. The lowest BCUT2D eigenvalue weighted by atomic mass is 9.93. The number of anilines is 2. The van der Waals surface area contributed by atoms with Gasteiger partial charge in [-0.1, -0.05) is 48.0 Å². The van der Waals surface area contributed by atoms with Crippen LogP contribution >= 0.6 is 11.6 Å². The van der Waals surface area contributed by atoms with E-state index in [0.717, 1.165) is 22.5 Å². The standard InChI is InChI=1S/C23H20ClN3O2/c1-23(26-17-12-10-15(11-13-17)21(25)28)18-7-3-5-9-20(18)27(22(23)29)14-16-6-2-4-8-19(16)24/h2-13,26H,14H2,1H3,(H2,25,28). The highest BCUT2D eigenvalue weighted by atomic mass is 35.5. The van der Waals surface area contributed by atoms with Gasteiger partial charge in [0.2, 0.25) is 5.91 Å². The van der Waals surface area contributed by atoms with Crippen molar-refractivity contribution in [3.05, 3.63) is 94.5 Å². The minimum absolute atomic E-state index is 0.0717. The van der Waals surface area contributed by atoms with E-state index in [-0.39, 0.29) is 5.91 Å². The number of halogens is 1. The Balaban J connectivity index is 1.69. The van der Waals surface area contributed by atoms with Gasteiger partial charge in [-0.3, -0.25) is 9.59 Å². The quantitative estimate of drug-likeness (QED) is 0.664. The van der Waals surface area contributed by atoms with E-state index in [4.69, 9.17) is 17.3 Å². The van der Waals surface area contributed by atoms with Crippen LogP contribution in [0.15, 0.2) is 72.8 Å². The van der Waals surface area contributed by atoms with Crippen LogP contribution in [0.25, 0.3) is 0 Å². The topological polar surface area (TPSA) is 75.4 Å². The lowest BCUT2D eigenvalue weighted by molar-refractivity contribution is -0.121. The van der Waals surface area contributed by atoms with Crippen LogP contribution in [-0.2, 0) is 16.9 Å². The SMILES string of the molecule is CC1(Nc2ccc(C(N)=O)cc2)C(=O)N(Cc2ccccc2Cl)c2ccccc21. The fraction of sp³-hybridized carbons (Fsp3) is 0.130. The summed E-state index contributed by atoms with van der Waals surface area (Å²) in [7, 11) is 0. The van der Waals surface area contributed by atoms with E-state index in [1.807, 2.05) is 55.5 Å². The van der Waals surface area contributed by atoms with Crippen LogP contribution in [0, 0.1) is 0 Å². The number of nitrogens with two attached hydrogens (primary N) is 1. The molecule has 0 saturated carbocycles. The molecule has 0 aromatic heterocycles. The zero-order valence-electron chi connectivity index (χ0n) is 15.9. The monoisotopic (exact) mass is 405 g/mol. The number of fused-ring (bicyclic) bond motifs is 1. The summed E-state index contributed by atoms with van der Waals surface area (Å²) >= 11 is 6.33.